The van der Waals surface area contributed by atoms with Gasteiger partial charge in [0.05, 0.1) is 4.47 Å². The molecule has 0 fully saturated rings. The first-order valence-corrected chi connectivity index (χ1v) is 4.95. The van der Waals surface area contributed by atoms with Crippen LogP contribution in [0.1, 0.15) is 10.5 Å². The van der Waals surface area contributed by atoms with E-state index in [-0.39, 0.29) is 0 Å². The van der Waals surface area contributed by atoms with E-state index in [9.17, 15) is 4.79 Å². The molecule has 0 atom stereocenters. The van der Waals surface area contributed by atoms with Gasteiger partial charge in [-0.1, -0.05) is 18.2 Å². The van der Waals surface area contributed by atoms with Crippen molar-refractivity contribution in [3.05, 3.63) is 34.4 Å². The minimum absolute atomic E-state index is 0.421. The van der Waals surface area contributed by atoms with Gasteiger partial charge in [0, 0.05) is 18.0 Å². The van der Waals surface area contributed by atoms with E-state index in [0.717, 1.165) is 15.4 Å². The lowest BCUT2D eigenvalue weighted by Crippen LogP contribution is -2.15. The maximum atomic E-state index is 11.2. The highest BCUT2D eigenvalue weighted by atomic mass is 79.9. The number of hydrogen-bond donors (Lipinski definition) is 1. The van der Waals surface area contributed by atoms with Crippen molar-refractivity contribution < 1.29 is 4.79 Å². The number of fused-ring (bicyclic) bond motifs is 1. The van der Waals surface area contributed by atoms with Crippen LogP contribution in [-0.4, -0.2) is 10.5 Å². The van der Waals surface area contributed by atoms with Gasteiger partial charge < -0.3 is 10.3 Å². The third kappa shape index (κ3) is 1.14. The van der Waals surface area contributed by atoms with E-state index in [4.69, 9.17) is 5.73 Å². The summed E-state index contributed by atoms with van der Waals surface area (Å²) in [7, 11) is 1.83. The molecule has 0 bridgehead atoms. The lowest BCUT2D eigenvalue weighted by molar-refractivity contribution is 0.0992. The normalized spacial score (nSPS) is 10.7. The fourth-order valence-electron chi connectivity index (χ4n) is 1.62. The Balaban J connectivity index is 2.92. The molecule has 0 saturated heterocycles. The van der Waals surface area contributed by atoms with Crippen LogP contribution >= 0.6 is 15.9 Å². The molecule has 0 unspecified atom stereocenters. The second-order valence-corrected chi connectivity index (χ2v) is 3.90. The molecule has 1 aromatic carbocycles. The Morgan fingerprint density at radius 1 is 1.43 bits per heavy atom. The van der Waals surface area contributed by atoms with E-state index in [2.05, 4.69) is 15.9 Å². The third-order valence-corrected chi connectivity index (χ3v) is 3.08. The van der Waals surface area contributed by atoms with Crippen LogP contribution in [0.3, 0.4) is 0 Å². The molecule has 1 heterocycles. The summed E-state index contributed by atoms with van der Waals surface area (Å²) in [5.41, 5.74) is 6.79. The van der Waals surface area contributed by atoms with Gasteiger partial charge in [-0.2, -0.15) is 0 Å². The molecular weight excluding hydrogens is 244 g/mol. The van der Waals surface area contributed by atoms with Crippen molar-refractivity contribution in [1.29, 1.82) is 0 Å². The smallest absolute Gasteiger partial charge is 0.266 e. The molecule has 2 aromatic rings. The van der Waals surface area contributed by atoms with E-state index in [1.165, 1.54) is 0 Å². The number of amides is 1. The Bertz CT molecular complexity index is 477. The van der Waals surface area contributed by atoms with Crippen LogP contribution in [0.4, 0.5) is 0 Å². The highest BCUT2D eigenvalue weighted by Gasteiger charge is 2.16. The zero-order chi connectivity index (χ0) is 10.3. The van der Waals surface area contributed by atoms with Crippen LogP contribution in [0.15, 0.2) is 28.7 Å². The summed E-state index contributed by atoms with van der Waals surface area (Å²) in [6.45, 7) is 0. The highest BCUT2D eigenvalue weighted by Crippen LogP contribution is 2.29. The maximum absolute atomic E-state index is 11.2. The summed E-state index contributed by atoms with van der Waals surface area (Å²) < 4.78 is 2.56. The molecule has 72 valence electrons. The van der Waals surface area contributed by atoms with Crippen LogP contribution in [0.2, 0.25) is 0 Å². The Kier molecular flexibility index (Phi) is 2.07. The van der Waals surface area contributed by atoms with Crippen molar-refractivity contribution in [2.45, 2.75) is 0 Å². The Morgan fingerprint density at radius 3 is 2.64 bits per heavy atom. The number of carbonyl (C=O) groups is 1. The number of para-hydroxylation sites is 1. The first-order chi connectivity index (χ1) is 6.63. The number of aromatic nitrogens is 1. The average Bonchev–Trinajstić information content (AvgIpc) is 2.41. The molecule has 3 nitrogen and oxygen atoms in total. The number of hydrogen-bond acceptors (Lipinski definition) is 1. The number of carbonyl (C=O) groups excluding carboxylic acids is 1. The summed E-state index contributed by atoms with van der Waals surface area (Å²) in [6.07, 6.45) is 0. The van der Waals surface area contributed by atoms with Crippen LogP contribution in [-0.2, 0) is 7.05 Å². The molecule has 1 aromatic heterocycles. The SMILES string of the molecule is Cn1c(C(N)=O)c(Br)c2ccccc21. The molecule has 1 amide bonds. The first kappa shape index (κ1) is 9.27. The van der Waals surface area contributed by atoms with Gasteiger partial charge in [0.2, 0.25) is 0 Å². The summed E-state index contributed by atoms with van der Waals surface area (Å²) in [5.74, 6) is -0.421. The molecular formula is C10H9BrN2O. The van der Waals surface area contributed by atoms with Gasteiger partial charge >= 0.3 is 0 Å². The fourth-order valence-corrected chi connectivity index (χ4v) is 2.42. The topological polar surface area (TPSA) is 48.0 Å². The Hall–Kier alpha value is -1.29. The minimum Gasteiger partial charge on any atom is -0.364 e. The number of rotatable bonds is 1. The molecule has 0 spiro atoms. The fraction of sp³-hybridized carbons (Fsp3) is 0.100. The number of aryl methyl sites for hydroxylation is 1. The van der Waals surface area contributed by atoms with Crippen molar-refractivity contribution in [2.75, 3.05) is 0 Å². The third-order valence-electron chi connectivity index (χ3n) is 2.28. The zero-order valence-corrected chi connectivity index (χ0v) is 9.21. The van der Waals surface area contributed by atoms with E-state index < -0.39 is 5.91 Å². The molecule has 4 heteroatoms. The van der Waals surface area contributed by atoms with Gasteiger partial charge in [0.1, 0.15) is 5.69 Å². The van der Waals surface area contributed by atoms with E-state index in [0.29, 0.717) is 5.69 Å². The minimum atomic E-state index is -0.421. The molecule has 14 heavy (non-hydrogen) atoms. The number of nitrogens with two attached hydrogens (primary N) is 1. The van der Waals surface area contributed by atoms with E-state index in [1.54, 1.807) is 4.57 Å². The monoisotopic (exact) mass is 252 g/mol. The van der Waals surface area contributed by atoms with Gasteiger partial charge in [-0.25, -0.2) is 0 Å². The van der Waals surface area contributed by atoms with Crippen molar-refractivity contribution >= 4 is 32.7 Å². The molecule has 2 rings (SSSR count). The van der Waals surface area contributed by atoms with Crippen molar-refractivity contribution in [3.8, 4) is 0 Å². The van der Waals surface area contributed by atoms with Crippen LogP contribution < -0.4 is 5.73 Å². The van der Waals surface area contributed by atoms with Gasteiger partial charge in [-0.05, 0) is 22.0 Å². The maximum Gasteiger partial charge on any atom is 0.266 e. The summed E-state index contributed by atoms with van der Waals surface area (Å²) in [5, 5.41) is 1.00. The highest BCUT2D eigenvalue weighted by molar-refractivity contribution is 9.10. The van der Waals surface area contributed by atoms with Crippen LogP contribution in [0, 0.1) is 0 Å². The number of nitrogens with zero attached hydrogens (tertiary/aromatic N) is 1. The quantitative estimate of drug-likeness (QED) is 0.830. The van der Waals surface area contributed by atoms with Crippen LogP contribution in [0.5, 0.6) is 0 Å². The summed E-state index contributed by atoms with van der Waals surface area (Å²) in [4.78, 5) is 11.2. The molecule has 0 aliphatic rings. The average molecular weight is 253 g/mol. The molecule has 0 aliphatic carbocycles. The standard InChI is InChI=1S/C10H9BrN2O/c1-13-7-5-3-2-4-6(7)8(11)9(13)10(12)14/h2-5H,1H3,(H2,12,14). The summed E-state index contributed by atoms with van der Waals surface area (Å²) in [6, 6.07) is 7.76. The molecule has 0 saturated carbocycles. The Labute approximate surface area is 89.6 Å². The van der Waals surface area contributed by atoms with Gasteiger partial charge in [0.15, 0.2) is 0 Å². The zero-order valence-electron chi connectivity index (χ0n) is 7.62. The van der Waals surface area contributed by atoms with E-state index in [1.807, 2.05) is 31.3 Å². The second-order valence-electron chi connectivity index (χ2n) is 3.10. The largest absolute Gasteiger partial charge is 0.364 e. The molecule has 2 N–H and O–H groups in total. The van der Waals surface area contributed by atoms with Gasteiger partial charge in [-0.3, -0.25) is 4.79 Å². The second kappa shape index (κ2) is 3.13. The van der Waals surface area contributed by atoms with Crippen molar-refractivity contribution in [1.82, 2.24) is 4.57 Å². The lowest BCUT2D eigenvalue weighted by atomic mass is 10.2. The predicted molar refractivity (Wildman–Crippen MR) is 59.1 cm³/mol. The number of benzene rings is 1. The number of halogens is 1. The summed E-state index contributed by atoms with van der Waals surface area (Å²) >= 11 is 3.38. The van der Waals surface area contributed by atoms with Crippen molar-refractivity contribution in [3.63, 3.8) is 0 Å². The molecule has 0 radical (unpaired) electrons. The Morgan fingerprint density at radius 2 is 2.07 bits per heavy atom. The van der Waals surface area contributed by atoms with Gasteiger partial charge in [0.25, 0.3) is 5.91 Å². The van der Waals surface area contributed by atoms with Gasteiger partial charge in [-0.15, -0.1) is 0 Å². The number of primary amides is 1. The molecule has 0 aliphatic heterocycles. The predicted octanol–water partition coefficient (Wildman–Crippen LogP) is 2.04. The van der Waals surface area contributed by atoms with E-state index >= 15 is 0 Å². The van der Waals surface area contributed by atoms with Crippen LogP contribution in [0.25, 0.3) is 10.9 Å². The lowest BCUT2D eigenvalue weighted by Gasteiger charge is -1.98. The van der Waals surface area contributed by atoms with Crippen molar-refractivity contribution in [2.24, 2.45) is 12.8 Å². The first-order valence-electron chi connectivity index (χ1n) is 4.15.